The first kappa shape index (κ1) is 23.3. The molecule has 0 fully saturated rings. The highest BCUT2D eigenvalue weighted by Crippen LogP contribution is 2.22. The van der Waals surface area contributed by atoms with Crippen molar-refractivity contribution in [3.63, 3.8) is 0 Å². The highest BCUT2D eigenvalue weighted by atomic mass is 19.1. The molecule has 1 unspecified atom stereocenters. The molecule has 2 aromatic rings. The van der Waals surface area contributed by atoms with Crippen LogP contribution in [0.5, 0.6) is 0 Å². The van der Waals surface area contributed by atoms with Gasteiger partial charge in [0.15, 0.2) is 0 Å². The van der Waals surface area contributed by atoms with Crippen LogP contribution >= 0.6 is 0 Å². The summed E-state index contributed by atoms with van der Waals surface area (Å²) in [5.41, 5.74) is 2.75. The third-order valence-corrected chi connectivity index (χ3v) is 4.73. The predicted molar refractivity (Wildman–Crippen MR) is 116 cm³/mol. The van der Waals surface area contributed by atoms with Crippen molar-refractivity contribution in [2.75, 3.05) is 14.1 Å². The molecule has 0 spiro atoms. The third-order valence-electron chi connectivity index (χ3n) is 4.73. The molecule has 30 heavy (non-hydrogen) atoms. The minimum absolute atomic E-state index is 0.00569. The summed E-state index contributed by atoms with van der Waals surface area (Å²) in [6.45, 7) is 5.55. The van der Waals surface area contributed by atoms with E-state index < -0.39 is 5.41 Å². The van der Waals surface area contributed by atoms with E-state index in [4.69, 9.17) is 4.74 Å². The number of carbonyl (C=O) groups is 1. The Hall–Kier alpha value is -2.97. The van der Waals surface area contributed by atoms with Crippen LogP contribution in [0.2, 0.25) is 0 Å². The first-order chi connectivity index (χ1) is 14.1. The number of allylic oxidation sites excluding steroid dienone is 1. The maximum Gasteiger partial charge on any atom is 0.311 e. The second-order valence-corrected chi connectivity index (χ2v) is 8.51. The van der Waals surface area contributed by atoms with Gasteiger partial charge in [0, 0.05) is 0 Å². The molecule has 0 aliphatic heterocycles. The van der Waals surface area contributed by atoms with Crippen molar-refractivity contribution in [1.29, 1.82) is 5.26 Å². The Morgan fingerprint density at radius 3 is 2.40 bits per heavy atom. The number of esters is 1. The molecule has 0 amide bonds. The van der Waals surface area contributed by atoms with Crippen LogP contribution in [0, 0.1) is 22.6 Å². The molecular formula is C25H29FN2O2. The second-order valence-electron chi connectivity index (χ2n) is 8.51. The van der Waals surface area contributed by atoms with Crippen molar-refractivity contribution in [2.24, 2.45) is 5.41 Å². The number of nitriles is 1. The van der Waals surface area contributed by atoms with E-state index >= 15 is 0 Å². The lowest BCUT2D eigenvalue weighted by Gasteiger charge is -2.21. The second kappa shape index (κ2) is 10.2. The average Bonchev–Trinajstić information content (AvgIpc) is 2.69. The maximum absolute atomic E-state index is 13.2. The number of rotatable bonds is 7. The minimum atomic E-state index is -0.582. The molecule has 158 valence electrons. The quantitative estimate of drug-likeness (QED) is 0.467. The van der Waals surface area contributed by atoms with Crippen LogP contribution in [0.25, 0.3) is 0 Å². The van der Waals surface area contributed by atoms with E-state index in [0.717, 1.165) is 16.7 Å². The minimum Gasteiger partial charge on any atom is -0.460 e. The highest BCUT2D eigenvalue weighted by Gasteiger charge is 2.23. The smallest absolute Gasteiger partial charge is 0.311 e. The molecule has 0 aromatic heterocycles. The van der Waals surface area contributed by atoms with Gasteiger partial charge in [-0.3, -0.25) is 9.69 Å². The van der Waals surface area contributed by atoms with E-state index in [1.54, 1.807) is 24.3 Å². The van der Waals surface area contributed by atoms with Gasteiger partial charge in [-0.1, -0.05) is 30.4 Å². The van der Waals surface area contributed by atoms with Crippen LogP contribution < -0.4 is 0 Å². The van der Waals surface area contributed by atoms with E-state index in [1.807, 2.05) is 47.0 Å². The zero-order valence-electron chi connectivity index (χ0n) is 18.3. The molecule has 2 rings (SSSR count). The molecule has 5 heteroatoms. The van der Waals surface area contributed by atoms with Gasteiger partial charge in [-0.15, -0.1) is 0 Å². The van der Waals surface area contributed by atoms with Crippen LogP contribution in [0.3, 0.4) is 0 Å². The molecule has 0 N–H and O–H groups in total. The molecule has 0 aliphatic carbocycles. The first-order valence-electron chi connectivity index (χ1n) is 9.89. The number of nitrogens with zero attached hydrogens (tertiary/aromatic N) is 2. The topological polar surface area (TPSA) is 53.3 Å². The SMILES string of the molecule is CN(C)C(C=CCc1ccc(C#N)cc1COC(=O)C(C)(C)C)c1ccc(F)cc1. The molecule has 0 bridgehead atoms. The molecule has 0 saturated carbocycles. The first-order valence-corrected chi connectivity index (χ1v) is 9.89. The van der Waals surface area contributed by atoms with Gasteiger partial charge in [0.1, 0.15) is 12.4 Å². The van der Waals surface area contributed by atoms with E-state index in [9.17, 15) is 14.4 Å². The fourth-order valence-corrected chi connectivity index (χ4v) is 2.95. The van der Waals surface area contributed by atoms with Crippen LogP contribution in [0.4, 0.5) is 4.39 Å². The number of carbonyl (C=O) groups excluding carboxylic acids is 1. The molecule has 0 heterocycles. The molecule has 1 atom stereocenters. The summed E-state index contributed by atoms with van der Waals surface area (Å²) in [5.74, 6) is -0.539. The Kier molecular flexibility index (Phi) is 7.91. The fourth-order valence-electron chi connectivity index (χ4n) is 2.95. The van der Waals surface area contributed by atoms with Crippen molar-refractivity contribution < 1.29 is 13.9 Å². The van der Waals surface area contributed by atoms with E-state index in [1.165, 1.54) is 12.1 Å². The summed E-state index contributed by atoms with van der Waals surface area (Å²) < 4.78 is 18.7. The van der Waals surface area contributed by atoms with Gasteiger partial charge in [-0.05, 0) is 82.2 Å². The molecule has 0 radical (unpaired) electrons. The van der Waals surface area contributed by atoms with Crippen molar-refractivity contribution in [3.05, 3.63) is 82.7 Å². The number of hydrogen-bond acceptors (Lipinski definition) is 4. The number of likely N-dealkylation sites (N-methyl/N-ethyl adjacent to an activating group) is 1. The third kappa shape index (κ3) is 6.53. The molecule has 4 nitrogen and oxygen atoms in total. The van der Waals surface area contributed by atoms with Gasteiger partial charge in [0.25, 0.3) is 0 Å². The summed E-state index contributed by atoms with van der Waals surface area (Å²) in [6, 6.07) is 14.0. The lowest BCUT2D eigenvalue weighted by Crippen LogP contribution is -2.23. The Labute approximate surface area is 178 Å². The van der Waals surface area contributed by atoms with Crippen molar-refractivity contribution in [2.45, 2.75) is 39.8 Å². The van der Waals surface area contributed by atoms with Crippen LogP contribution in [0.15, 0.2) is 54.6 Å². The zero-order chi connectivity index (χ0) is 22.3. The van der Waals surface area contributed by atoms with Crippen LogP contribution in [-0.2, 0) is 22.6 Å². The molecule has 2 aromatic carbocycles. The maximum atomic E-state index is 13.2. The van der Waals surface area contributed by atoms with Crippen molar-refractivity contribution in [1.82, 2.24) is 4.90 Å². The molecule has 0 saturated heterocycles. The predicted octanol–water partition coefficient (Wildman–Crippen LogP) is 5.19. The Morgan fingerprint density at radius 2 is 1.83 bits per heavy atom. The van der Waals surface area contributed by atoms with E-state index in [-0.39, 0.29) is 24.4 Å². The fraction of sp³-hybridized carbons (Fsp3) is 0.360. The normalized spacial score (nSPS) is 12.7. The molecule has 0 aliphatic rings. The van der Waals surface area contributed by atoms with Gasteiger partial charge >= 0.3 is 5.97 Å². The zero-order valence-corrected chi connectivity index (χ0v) is 18.3. The van der Waals surface area contributed by atoms with E-state index in [0.29, 0.717) is 12.0 Å². The Morgan fingerprint density at radius 1 is 1.17 bits per heavy atom. The standard InChI is InChI=1S/C25H29FN2O2/c1-25(2,3)24(29)30-17-21-15-18(16-27)9-10-19(21)7-6-8-23(28(4)5)20-11-13-22(26)14-12-20/h6,8-15,23H,7,17H2,1-5H3. The Bertz CT molecular complexity index is 935. The number of ether oxygens (including phenoxy) is 1. The largest absolute Gasteiger partial charge is 0.460 e. The number of halogens is 1. The summed E-state index contributed by atoms with van der Waals surface area (Å²) in [6.07, 6.45) is 4.74. The Balaban J connectivity index is 2.19. The van der Waals surface area contributed by atoms with E-state index in [2.05, 4.69) is 17.0 Å². The summed E-state index contributed by atoms with van der Waals surface area (Å²) in [5, 5.41) is 9.21. The van der Waals surface area contributed by atoms with Gasteiger partial charge in [0.2, 0.25) is 0 Å². The van der Waals surface area contributed by atoms with Crippen LogP contribution in [0.1, 0.15) is 49.1 Å². The van der Waals surface area contributed by atoms with Crippen molar-refractivity contribution in [3.8, 4) is 6.07 Å². The number of hydrogen-bond donors (Lipinski definition) is 0. The van der Waals surface area contributed by atoms with Crippen molar-refractivity contribution >= 4 is 5.97 Å². The summed E-state index contributed by atoms with van der Waals surface area (Å²) in [7, 11) is 3.94. The van der Waals surface area contributed by atoms with Gasteiger partial charge in [-0.25, -0.2) is 4.39 Å². The number of benzene rings is 2. The van der Waals surface area contributed by atoms with Gasteiger partial charge in [0.05, 0.1) is 23.1 Å². The summed E-state index contributed by atoms with van der Waals surface area (Å²) >= 11 is 0. The van der Waals surface area contributed by atoms with Gasteiger partial charge in [-0.2, -0.15) is 5.26 Å². The lowest BCUT2D eigenvalue weighted by atomic mass is 9.97. The van der Waals surface area contributed by atoms with Crippen LogP contribution in [-0.4, -0.2) is 25.0 Å². The lowest BCUT2D eigenvalue weighted by molar-refractivity contribution is -0.154. The summed E-state index contributed by atoms with van der Waals surface area (Å²) in [4.78, 5) is 14.2. The monoisotopic (exact) mass is 408 g/mol. The average molecular weight is 409 g/mol. The highest BCUT2D eigenvalue weighted by molar-refractivity contribution is 5.75. The molecular weight excluding hydrogens is 379 g/mol. The van der Waals surface area contributed by atoms with Gasteiger partial charge < -0.3 is 4.74 Å².